The van der Waals surface area contributed by atoms with E-state index in [9.17, 15) is 10.2 Å². The highest BCUT2D eigenvalue weighted by atomic mass is 16.3. The van der Waals surface area contributed by atoms with Crippen LogP contribution in [0.15, 0.2) is 48.5 Å². The summed E-state index contributed by atoms with van der Waals surface area (Å²) in [4.78, 5) is 2.21. The van der Waals surface area contributed by atoms with Crippen molar-refractivity contribution in [3.63, 3.8) is 0 Å². The van der Waals surface area contributed by atoms with Gasteiger partial charge in [-0.3, -0.25) is 4.90 Å². The molecule has 4 nitrogen and oxygen atoms in total. The number of nitrogens with two attached hydrogens (primary N) is 1. The lowest BCUT2D eigenvalue weighted by molar-refractivity contribution is 0.204. The molecule has 0 radical (unpaired) electrons. The monoisotopic (exact) mass is 286 g/mol. The molecule has 4 heteroatoms. The summed E-state index contributed by atoms with van der Waals surface area (Å²) >= 11 is 0. The molecular formula is C17H22N2O2. The summed E-state index contributed by atoms with van der Waals surface area (Å²) in [5.74, 6) is 0.175. The Kier molecular flexibility index (Phi) is 5.20. The molecule has 0 heterocycles. The number of rotatable bonds is 6. The van der Waals surface area contributed by atoms with Crippen molar-refractivity contribution in [1.29, 1.82) is 0 Å². The summed E-state index contributed by atoms with van der Waals surface area (Å²) in [6.45, 7) is 4.08. The molecule has 0 saturated carbocycles. The first-order valence-electron chi connectivity index (χ1n) is 7.11. The molecule has 4 N–H and O–H groups in total. The Balaban J connectivity index is 2.20. The summed E-state index contributed by atoms with van der Waals surface area (Å²) in [5, 5.41) is 19.4. The molecule has 2 aromatic rings. The Bertz CT molecular complexity index is 572. The van der Waals surface area contributed by atoms with Crippen molar-refractivity contribution in [2.75, 3.05) is 13.1 Å². The predicted octanol–water partition coefficient (Wildman–Crippen LogP) is 2.62. The molecule has 0 aliphatic carbocycles. The van der Waals surface area contributed by atoms with Crippen molar-refractivity contribution >= 4 is 0 Å². The fourth-order valence-electron chi connectivity index (χ4n) is 2.48. The largest absolute Gasteiger partial charge is 0.508 e. The predicted molar refractivity (Wildman–Crippen MR) is 84.1 cm³/mol. The summed E-state index contributed by atoms with van der Waals surface area (Å²) in [6, 6.07) is 14.9. The van der Waals surface area contributed by atoms with Crippen LogP contribution in [0.4, 0.5) is 0 Å². The van der Waals surface area contributed by atoms with E-state index in [1.54, 1.807) is 12.1 Å². The highest BCUT2D eigenvalue weighted by Crippen LogP contribution is 2.31. The molecule has 0 aromatic heterocycles. The number of hydrogen-bond acceptors (Lipinski definition) is 4. The van der Waals surface area contributed by atoms with Crippen molar-refractivity contribution in [2.24, 2.45) is 5.73 Å². The van der Waals surface area contributed by atoms with Gasteiger partial charge in [0.2, 0.25) is 0 Å². The minimum atomic E-state index is 0.00866. The van der Waals surface area contributed by atoms with Gasteiger partial charge in [0, 0.05) is 37.3 Å². The van der Waals surface area contributed by atoms with Crippen LogP contribution in [0.5, 0.6) is 11.5 Å². The van der Waals surface area contributed by atoms with E-state index in [1.165, 1.54) is 11.6 Å². The Hall–Kier alpha value is -2.04. The van der Waals surface area contributed by atoms with Gasteiger partial charge in [-0.05, 0) is 18.6 Å². The van der Waals surface area contributed by atoms with Gasteiger partial charge in [-0.15, -0.1) is 0 Å². The first kappa shape index (κ1) is 15.4. The maximum atomic E-state index is 10.0. The molecular weight excluding hydrogens is 264 g/mol. The van der Waals surface area contributed by atoms with E-state index < -0.39 is 0 Å². The fraction of sp³-hybridized carbons (Fsp3) is 0.294. The third kappa shape index (κ3) is 3.97. The van der Waals surface area contributed by atoms with Crippen molar-refractivity contribution in [2.45, 2.75) is 19.5 Å². The van der Waals surface area contributed by atoms with Crippen molar-refractivity contribution < 1.29 is 10.2 Å². The molecule has 2 aromatic carbocycles. The van der Waals surface area contributed by atoms with Gasteiger partial charge >= 0.3 is 0 Å². The zero-order valence-electron chi connectivity index (χ0n) is 12.2. The van der Waals surface area contributed by atoms with Crippen LogP contribution < -0.4 is 5.73 Å². The highest BCUT2D eigenvalue weighted by molar-refractivity contribution is 5.40. The van der Waals surface area contributed by atoms with Crippen LogP contribution in [0.2, 0.25) is 0 Å². The third-order valence-corrected chi connectivity index (χ3v) is 3.66. The van der Waals surface area contributed by atoms with Crippen LogP contribution >= 0.6 is 0 Å². The zero-order chi connectivity index (χ0) is 15.2. The average molecular weight is 286 g/mol. The van der Waals surface area contributed by atoms with Gasteiger partial charge in [-0.1, -0.05) is 36.4 Å². The van der Waals surface area contributed by atoms with Gasteiger partial charge in [-0.25, -0.2) is 0 Å². The standard InChI is InChI=1S/C17H22N2O2/c1-13(16-8-7-15(20)11-17(16)21)19(10-9-18)12-14-5-3-2-4-6-14/h2-8,11,13,20-21H,9-10,12,18H2,1H3. The van der Waals surface area contributed by atoms with Crippen molar-refractivity contribution in [3.8, 4) is 11.5 Å². The zero-order valence-corrected chi connectivity index (χ0v) is 12.2. The lowest BCUT2D eigenvalue weighted by Gasteiger charge is -2.29. The molecule has 0 bridgehead atoms. The lowest BCUT2D eigenvalue weighted by Crippen LogP contribution is -2.31. The summed E-state index contributed by atoms with van der Waals surface area (Å²) in [5.41, 5.74) is 7.71. The summed E-state index contributed by atoms with van der Waals surface area (Å²) in [7, 11) is 0. The second kappa shape index (κ2) is 7.11. The average Bonchev–Trinajstić information content (AvgIpc) is 2.47. The Morgan fingerprint density at radius 1 is 1.10 bits per heavy atom. The fourth-order valence-corrected chi connectivity index (χ4v) is 2.48. The summed E-state index contributed by atoms with van der Waals surface area (Å²) in [6.07, 6.45) is 0. The van der Waals surface area contributed by atoms with Gasteiger partial charge in [0.25, 0.3) is 0 Å². The smallest absolute Gasteiger partial charge is 0.124 e. The van der Waals surface area contributed by atoms with E-state index in [-0.39, 0.29) is 17.5 Å². The molecule has 21 heavy (non-hydrogen) atoms. The van der Waals surface area contributed by atoms with E-state index >= 15 is 0 Å². The van der Waals surface area contributed by atoms with Gasteiger partial charge in [0.05, 0.1) is 0 Å². The molecule has 0 aliphatic heterocycles. The molecule has 0 fully saturated rings. The minimum absolute atomic E-state index is 0.00866. The number of hydrogen-bond donors (Lipinski definition) is 3. The second-order valence-corrected chi connectivity index (χ2v) is 5.16. The van der Waals surface area contributed by atoms with Gasteiger partial charge in [-0.2, -0.15) is 0 Å². The molecule has 0 saturated heterocycles. The Morgan fingerprint density at radius 3 is 2.43 bits per heavy atom. The molecule has 0 amide bonds. The van der Waals surface area contributed by atoms with Crippen LogP contribution in [0, 0.1) is 0 Å². The topological polar surface area (TPSA) is 69.7 Å². The highest BCUT2D eigenvalue weighted by Gasteiger charge is 2.18. The number of nitrogens with zero attached hydrogens (tertiary/aromatic N) is 1. The van der Waals surface area contributed by atoms with Crippen molar-refractivity contribution in [3.05, 3.63) is 59.7 Å². The van der Waals surface area contributed by atoms with E-state index in [1.807, 2.05) is 25.1 Å². The maximum absolute atomic E-state index is 10.0. The van der Waals surface area contributed by atoms with Crippen LogP contribution in [-0.2, 0) is 6.54 Å². The van der Waals surface area contributed by atoms with E-state index in [0.717, 1.165) is 18.7 Å². The second-order valence-electron chi connectivity index (χ2n) is 5.16. The normalized spacial score (nSPS) is 12.5. The molecule has 0 spiro atoms. The van der Waals surface area contributed by atoms with Crippen LogP contribution in [0.25, 0.3) is 0 Å². The number of benzene rings is 2. The minimum Gasteiger partial charge on any atom is -0.508 e. The molecule has 112 valence electrons. The molecule has 0 aliphatic rings. The van der Waals surface area contributed by atoms with Crippen LogP contribution in [-0.4, -0.2) is 28.2 Å². The summed E-state index contributed by atoms with van der Waals surface area (Å²) < 4.78 is 0. The van der Waals surface area contributed by atoms with Gasteiger partial charge in [0.1, 0.15) is 11.5 Å². The molecule has 2 rings (SSSR count). The van der Waals surface area contributed by atoms with Crippen LogP contribution in [0.1, 0.15) is 24.1 Å². The van der Waals surface area contributed by atoms with E-state index in [0.29, 0.717) is 6.54 Å². The van der Waals surface area contributed by atoms with Gasteiger partial charge in [0.15, 0.2) is 0 Å². The Morgan fingerprint density at radius 2 is 1.81 bits per heavy atom. The quantitative estimate of drug-likeness (QED) is 0.763. The first-order chi connectivity index (χ1) is 10.1. The first-order valence-corrected chi connectivity index (χ1v) is 7.11. The van der Waals surface area contributed by atoms with Crippen LogP contribution in [0.3, 0.4) is 0 Å². The number of phenols is 2. The molecule has 1 unspecified atom stereocenters. The number of phenolic OH excluding ortho intramolecular Hbond substituents is 2. The van der Waals surface area contributed by atoms with Gasteiger partial charge < -0.3 is 15.9 Å². The third-order valence-electron chi connectivity index (χ3n) is 3.66. The lowest BCUT2D eigenvalue weighted by atomic mass is 10.0. The Labute approximate surface area is 125 Å². The SMILES string of the molecule is CC(c1ccc(O)cc1O)N(CCN)Cc1ccccc1. The van der Waals surface area contributed by atoms with E-state index in [4.69, 9.17) is 5.73 Å². The molecule has 1 atom stereocenters. The maximum Gasteiger partial charge on any atom is 0.124 e. The van der Waals surface area contributed by atoms with E-state index in [2.05, 4.69) is 17.0 Å². The van der Waals surface area contributed by atoms with Crippen molar-refractivity contribution in [1.82, 2.24) is 4.90 Å². The number of aromatic hydroxyl groups is 2.